The minimum atomic E-state index is -0.226. The van der Waals surface area contributed by atoms with Gasteiger partial charge in [0.1, 0.15) is 0 Å². The van der Waals surface area contributed by atoms with Crippen LogP contribution in [0.25, 0.3) is 0 Å². The molecular weight excluding hydrogens is 208 g/mol. The summed E-state index contributed by atoms with van der Waals surface area (Å²) in [6, 6.07) is 10.6. The van der Waals surface area contributed by atoms with E-state index in [1.165, 1.54) is 5.56 Å². The molecule has 0 bridgehead atoms. The van der Waals surface area contributed by atoms with Crippen LogP contribution in [-0.4, -0.2) is 11.2 Å². The Balaban J connectivity index is 2.79. The van der Waals surface area contributed by atoms with Crippen molar-refractivity contribution in [3.8, 4) is 0 Å². The summed E-state index contributed by atoms with van der Waals surface area (Å²) >= 11 is 0. The first-order valence-electron chi connectivity index (χ1n) is 6.57. The predicted octanol–water partition coefficient (Wildman–Crippen LogP) is 4.22. The van der Waals surface area contributed by atoms with Crippen LogP contribution in [0.15, 0.2) is 30.3 Å². The first-order valence-corrected chi connectivity index (χ1v) is 6.57. The van der Waals surface area contributed by atoms with Crippen LogP contribution in [0, 0.1) is 11.3 Å². The first-order chi connectivity index (χ1) is 7.84. The second-order valence-corrected chi connectivity index (χ2v) is 6.03. The number of hydrogen-bond donors (Lipinski definition) is 1. The smallest absolute Gasteiger partial charge is 0.0517 e. The second-order valence-electron chi connectivity index (χ2n) is 6.03. The molecule has 1 aromatic rings. The van der Waals surface area contributed by atoms with Crippen LogP contribution in [0.3, 0.4) is 0 Å². The maximum Gasteiger partial charge on any atom is 0.0517 e. The Morgan fingerprint density at radius 1 is 1.06 bits per heavy atom. The van der Waals surface area contributed by atoms with Gasteiger partial charge in [-0.1, -0.05) is 58.0 Å². The zero-order valence-electron chi connectivity index (χ0n) is 11.8. The molecule has 0 saturated heterocycles. The third-order valence-corrected chi connectivity index (χ3v) is 4.13. The topological polar surface area (TPSA) is 20.2 Å². The fourth-order valence-corrected chi connectivity index (χ4v) is 2.67. The average Bonchev–Trinajstić information content (AvgIpc) is 2.26. The summed E-state index contributed by atoms with van der Waals surface area (Å²) in [4.78, 5) is 0. The van der Waals surface area contributed by atoms with Gasteiger partial charge >= 0.3 is 0 Å². The van der Waals surface area contributed by atoms with Gasteiger partial charge in [-0.3, -0.25) is 0 Å². The van der Waals surface area contributed by atoms with Crippen LogP contribution >= 0.6 is 0 Å². The van der Waals surface area contributed by atoms with E-state index in [2.05, 4.69) is 58.0 Å². The molecule has 1 rings (SSSR count). The van der Waals surface area contributed by atoms with E-state index in [-0.39, 0.29) is 11.5 Å². The van der Waals surface area contributed by atoms with Crippen LogP contribution in [0.2, 0.25) is 0 Å². The predicted molar refractivity (Wildman–Crippen MR) is 74.1 cm³/mol. The van der Waals surface area contributed by atoms with Gasteiger partial charge in [0.2, 0.25) is 0 Å². The molecule has 0 aliphatic carbocycles. The van der Waals surface area contributed by atoms with Gasteiger partial charge in [-0.05, 0) is 36.2 Å². The quantitative estimate of drug-likeness (QED) is 0.808. The summed E-state index contributed by atoms with van der Waals surface area (Å²) in [5, 5.41) is 9.59. The molecule has 0 heterocycles. The van der Waals surface area contributed by atoms with Crippen molar-refractivity contribution >= 4 is 0 Å². The van der Waals surface area contributed by atoms with Crippen LogP contribution in [-0.2, 0) is 0 Å². The van der Waals surface area contributed by atoms with Gasteiger partial charge in [0.25, 0.3) is 0 Å². The van der Waals surface area contributed by atoms with Gasteiger partial charge in [0.15, 0.2) is 0 Å². The van der Waals surface area contributed by atoms with E-state index in [1.807, 2.05) is 6.92 Å². The number of aliphatic hydroxyl groups is 1. The molecule has 0 radical (unpaired) electrons. The molecule has 1 heteroatoms. The molecule has 0 aliphatic heterocycles. The number of benzene rings is 1. The maximum atomic E-state index is 9.59. The molecule has 96 valence electrons. The number of hydrogen-bond acceptors (Lipinski definition) is 1. The largest absolute Gasteiger partial charge is 0.393 e. The summed E-state index contributed by atoms with van der Waals surface area (Å²) in [5.41, 5.74) is 1.54. The van der Waals surface area contributed by atoms with Crippen molar-refractivity contribution in [3.63, 3.8) is 0 Å². The lowest BCUT2D eigenvalue weighted by Crippen LogP contribution is -2.29. The molecule has 0 amide bonds. The molecule has 1 nitrogen and oxygen atoms in total. The second kappa shape index (κ2) is 5.68. The minimum Gasteiger partial charge on any atom is -0.393 e. The zero-order valence-corrected chi connectivity index (χ0v) is 11.8. The summed E-state index contributed by atoms with van der Waals surface area (Å²) in [6.45, 7) is 11.0. The third-order valence-electron chi connectivity index (χ3n) is 4.13. The van der Waals surface area contributed by atoms with Crippen molar-refractivity contribution < 1.29 is 5.11 Å². The van der Waals surface area contributed by atoms with Crippen molar-refractivity contribution in [2.24, 2.45) is 11.3 Å². The summed E-state index contributed by atoms with van der Waals surface area (Å²) in [5.74, 6) is 1.06. The third kappa shape index (κ3) is 3.85. The van der Waals surface area contributed by atoms with E-state index in [0.29, 0.717) is 11.8 Å². The van der Waals surface area contributed by atoms with E-state index < -0.39 is 0 Å². The number of aliphatic hydroxyl groups excluding tert-OH is 1. The van der Waals surface area contributed by atoms with Crippen molar-refractivity contribution in [3.05, 3.63) is 35.9 Å². The summed E-state index contributed by atoms with van der Waals surface area (Å²) in [6.07, 6.45) is 0.626. The van der Waals surface area contributed by atoms with Gasteiger partial charge in [-0.2, -0.15) is 0 Å². The highest BCUT2D eigenvalue weighted by molar-refractivity contribution is 5.20. The highest BCUT2D eigenvalue weighted by Crippen LogP contribution is 2.40. The van der Waals surface area contributed by atoms with Crippen LogP contribution in [0.1, 0.15) is 52.5 Å². The van der Waals surface area contributed by atoms with E-state index in [9.17, 15) is 5.11 Å². The molecule has 1 aromatic carbocycles. The molecule has 3 atom stereocenters. The standard InChI is InChI=1S/C16H26O/c1-12(17)11-16(4,5)14(3)13(2)15-9-7-6-8-10-15/h6-10,12-14,17H,11H2,1-5H3. The van der Waals surface area contributed by atoms with E-state index in [1.54, 1.807) is 0 Å². The zero-order chi connectivity index (χ0) is 13.1. The molecule has 0 aromatic heterocycles. The molecule has 0 saturated carbocycles. The average molecular weight is 234 g/mol. The van der Waals surface area contributed by atoms with Crippen molar-refractivity contribution in [1.29, 1.82) is 0 Å². The summed E-state index contributed by atoms with van der Waals surface area (Å²) < 4.78 is 0. The van der Waals surface area contributed by atoms with E-state index in [4.69, 9.17) is 0 Å². The Morgan fingerprint density at radius 3 is 2.06 bits per heavy atom. The van der Waals surface area contributed by atoms with Gasteiger partial charge in [-0.25, -0.2) is 0 Å². The van der Waals surface area contributed by atoms with Crippen molar-refractivity contribution in [1.82, 2.24) is 0 Å². The molecule has 0 aliphatic rings. The van der Waals surface area contributed by atoms with Crippen molar-refractivity contribution in [2.75, 3.05) is 0 Å². The minimum absolute atomic E-state index is 0.156. The van der Waals surface area contributed by atoms with Crippen LogP contribution in [0.5, 0.6) is 0 Å². The van der Waals surface area contributed by atoms with Gasteiger partial charge < -0.3 is 5.11 Å². The molecular formula is C16H26O. The van der Waals surface area contributed by atoms with E-state index >= 15 is 0 Å². The molecule has 0 fully saturated rings. The van der Waals surface area contributed by atoms with Crippen LogP contribution in [0.4, 0.5) is 0 Å². The normalized spacial score (nSPS) is 17.5. The van der Waals surface area contributed by atoms with Crippen LogP contribution < -0.4 is 0 Å². The monoisotopic (exact) mass is 234 g/mol. The van der Waals surface area contributed by atoms with E-state index in [0.717, 1.165) is 6.42 Å². The lowest BCUT2D eigenvalue weighted by Gasteiger charge is -2.37. The highest BCUT2D eigenvalue weighted by atomic mass is 16.3. The van der Waals surface area contributed by atoms with Gasteiger partial charge in [0.05, 0.1) is 6.10 Å². The Morgan fingerprint density at radius 2 is 1.59 bits per heavy atom. The SMILES string of the molecule is CC(O)CC(C)(C)C(C)C(C)c1ccccc1. The Kier molecular flexibility index (Phi) is 4.76. The fourth-order valence-electron chi connectivity index (χ4n) is 2.67. The van der Waals surface area contributed by atoms with Gasteiger partial charge in [0, 0.05) is 0 Å². The molecule has 0 spiro atoms. The Hall–Kier alpha value is -0.820. The molecule has 17 heavy (non-hydrogen) atoms. The maximum absolute atomic E-state index is 9.59. The van der Waals surface area contributed by atoms with Gasteiger partial charge in [-0.15, -0.1) is 0 Å². The summed E-state index contributed by atoms with van der Waals surface area (Å²) in [7, 11) is 0. The number of rotatable bonds is 5. The Bertz CT molecular complexity index is 327. The highest BCUT2D eigenvalue weighted by Gasteiger charge is 2.31. The van der Waals surface area contributed by atoms with Crippen molar-refractivity contribution in [2.45, 2.75) is 53.1 Å². The lowest BCUT2D eigenvalue weighted by atomic mass is 9.69. The molecule has 3 unspecified atom stereocenters. The molecule has 1 N–H and O–H groups in total. The first kappa shape index (κ1) is 14.2. The fraction of sp³-hybridized carbons (Fsp3) is 0.625. The Labute approximate surface area is 106 Å². The lowest BCUT2D eigenvalue weighted by molar-refractivity contribution is 0.0875.